The first-order valence-corrected chi connectivity index (χ1v) is 13.0. The van der Waals surface area contributed by atoms with Crippen LogP contribution in [-0.4, -0.2) is 45.5 Å². The van der Waals surface area contributed by atoms with Crippen molar-refractivity contribution in [3.63, 3.8) is 0 Å². The maximum atomic E-state index is 13.2. The summed E-state index contributed by atoms with van der Waals surface area (Å²) in [5.74, 6) is -0.154. The summed E-state index contributed by atoms with van der Waals surface area (Å²) < 4.78 is 6.03. The molecule has 1 aliphatic rings. The number of nitrogens with zero attached hydrogens (tertiary/aromatic N) is 2. The summed E-state index contributed by atoms with van der Waals surface area (Å²) in [6.45, 7) is 4.29. The zero-order valence-corrected chi connectivity index (χ0v) is 21.9. The van der Waals surface area contributed by atoms with Gasteiger partial charge in [0.2, 0.25) is 5.91 Å². The third kappa shape index (κ3) is 6.42. The summed E-state index contributed by atoms with van der Waals surface area (Å²) in [5, 5.41) is 13.3. The molecular formula is C31H32N4O4. The smallest absolute Gasteiger partial charge is 0.251 e. The highest BCUT2D eigenvalue weighted by Crippen LogP contribution is 2.28. The number of pyridine rings is 1. The van der Waals surface area contributed by atoms with Gasteiger partial charge in [0.25, 0.3) is 5.91 Å². The average Bonchev–Trinajstić information content (AvgIpc) is 3.33. The van der Waals surface area contributed by atoms with E-state index in [2.05, 4.69) is 27.3 Å². The second kappa shape index (κ2) is 11.6. The highest BCUT2D eigenvalue weighted by molar-refractivity contribution is 5.95. The molecule has 3 aromatic carbocycles. The Morgan fingerprint density at radius 2 is 1.77 bits per heavy atom. The van der Waals surface area contributed by atoms with Crippen LogP contribution in [0.3, 0.4) is 0 Å². The van der Waals surface area contributed by atoms with Gasteiger partial charge in [-0.05, 0) is 55.3 Å². The normalized spacial score (nSPS) is 17.2. The van der Waals surface area contributed by atoms with E-state index in [4.69, 9.17) is 9.94 Å². The number of nitrogens with one attached hydrogen (secondary N) is 2. The minimum absolute atomic E-state index is 0.0129. The molecule has 1 fully saturated rings. The highest BCUT2D eigenvalue weighted by atomic mass is 16.5. The molecule has 8 heteroatoms. The van der Waals surface area contributed by atoms with Gasteiger partial charge >= 0.3 is 0 Å². The number of likely N-dealkylation sites (tertiary alicyclic amines) is 1. The monoisotopic (exact) mass is 524 g/mol. The van der Waals surface area contributed by atoms with Crippen LogP contribution in [0.15, 0.2) is 84.9 Å². The van der Waals surface area contributed by atoms with Gasteiger partial charge in [-0.15, -0.1) is 0 Å². The van der Waals surface area contributed by atoms with E-state index >= 15 is 0 Å². The first kappa shape index (κ1) is 26.3. The van der Waals surface area contributed by atoms with Crippen LogP contribution in [0.5, 0.6) is 5.75 Å². The first-order chi connectivity index (χ1) is 18.9. The molecule has 2 amide bonds. The van der Waals surface area contributed by atoms with Crippen molar-refractivity contribution < 1.29 is 19.5 Å². The van der Waals surface area contributed by atoms with Gasteiger partial charge in [0.15, 0.2) is 0 Å². The molecule has 3 N–H and O–H groups in total. The summed E-state index contributed by atoms with van der Waals surface area (Å²) >= 11 is 0. The highest BCUT2D eigenvalue weighted by Gasteiger charge is 2.41. The number of carbonyl (C=O) groups excluding carboxylic acids is 2. The van der Waals surface area contributed by atoms with Crippen LogP contribution in [0.4, 0.5) is 0 Å². The van der Waals surface area contributed by atoms with Crippen molar-refractivity contribution in [3.8, 4) is 5.75 Å². The maximum Gasteiger partial charge on any atom is 0.251 e. The van der Waals surface area contributed by atoms with Gasteiger partial charge in [-0.1, -0.05) is 48.5 Å². The van der Waals surface area contributed by atoms with Crippen LogP contribution in [0.2, 0.25) is 0 Å². The fraction of sp³-hybridized carbons (Fsp3) is 0.258. The van der Waals surface area contributed by atoms with E-state index in [1.54, 1.807) is 29.7 Å². The quantitative estimate of drug-likeness (QED) is 0.222. The lowest BCUT2D eigenvalue weighted by atomic mass is 9.93. The number of ether oxygens (including phenoxy) is 1. The van der Waals surface area contributed by atoms with Gasteiger partial charge < -0.3 is 10.1 Å². The van der Waals surface area contributed by atoms with Gasteiger partial charge in [-0.2, -0.15) is 0 Å². The van der Waals surface area contributed by atoms with E-state index in [0.717, 1.165) is 40.8 Å². The number of fused-ring (bicyclic) bond motifs is 1. The predicted molar refractivity (Wildman–Crippen MR) is 148 cm³/mol. The zero-order chi connectivity index (χ0) is 27.2. The molecule has 2 heterocycles. The Kier molecular flexibility index (Phi) is 7.86. The van der Waals surface area contributed by atoms with E-state index < -0.39 is 11.4 Å². The van der Waals surface area contributed by atoms with Crippen molar-refractivity contribution in [1.82, 2.24) is 20.7 Å². The second-order valence-corrected chi connectivity index (χ2v) is 10.1. The lowest BCUT2D eigenvalue weighted by Gasteiger charge is -2.30. The fourth-order valence-electron chi connectivity index (χ4n) is 5.26. The number of rotatable bonds is 9. The number of carbonyl (C=O) groups is 2. The van der Waals surface area contributed by atoms with Crippen LogP contribution >= 0.6 is 0 Å². The molecule has 0 spiro atoms. The molecular weight excluding hydrogens is 492 g/mol. The van der Waals surface area contributed by atoms with Crippen LogP contribution in [-0.2, 0) is 17.9 Å². The number of hydrogen-bond donors (Lipinski definition) is 3. The van der Waals surface area contributed by atoms with Crippen LogP contribution < -0.4 is 15.5 Å². The molecule has 0 saturated carbocycles. The topological polar surface area (TPSA) is 104 Å². The van der Waals surface area contributed by atoms with Crippen LogP contribution in [0.25, 0.3) is 10.9 Å². The van der Waals surface area contributed by atoms with Gasteiger partial charge in [-0.25, -0.2) is 5.48 Å². The Morgan fingerprint density at radius 3 is 2.54 bits per heavy atom. The van der Waals surface area contributed by atoms with Crippen LogP contribution in [0.1, 0.15) is 40.0 Å². The second-order valence-electron chi connectivity index (χ2n) is 10.1. The Morgan fingerprint density at radius 1 is 1.03 bits per heavy atom. The van der Waals surface area contributed by atoms with Crippen LogP contribution in [0, 0.1) is 6.92 Å². The standard InChI is InChI=1S/C31H32N4O4/c1-22-17-25(27-9-5-6-10-28(27)32-22)20-39-26-13-11-24(12-14-26)30(37)33-31(18-29(36)34-38)15-16-35(21-31)19-23-7-3-2-4-8-23/h2-14,17,38H,15-16,18-21H2,1H3,(H,33,37)(H,34,36). The third-order valence-corrected chi connectivity index (χ3v) is 7.12. The van der Waals surface area contributed by atoms with Gasteiger partial charge in [-0.3, -0.25) is 24.7 Å². The summed E-state index contributed by atoms with van der Waals surface area (Å²) in [7, 11) is 0. The number of hydroxylamine groups is 1. The maximum absolute atomic E-state index is 13.2. The minimum Gasteiger partial charge on any atom is -0.489 e. The van der Waals surface area contributed by atoms with Crippen molar-refractivity contribution in [2.75, 3.05) is 13.1 Å². The van der Waals surface area contributed by atoms with E-state index in [-0.39, 0.29) is 12.3 Å². The summed E-state index contributed by atoms with van der Waals surface area (Å²) in [5.41, 5.74) is 5.47. The number of benzene rings is 3. The minimum atomic E-state index is -0.784. The molecule has 0 aliphatic carbocycles. The molecule has 200 valence electrons. The van der Waals surface area contributed by atoms with Gasteiger partial charge in [0, 0.05) is 41.8 Å². The Hall–Kier alpha value is -4.27. The lowest BCUT2D eigenvalue weighted by Crippen LogP contribution is -2.52. The van der Waals surface area contributed by atoms with Crippen molar-refractivity contribution in [2.45, 2.75) is 38.5 Å². The Labute approximate surface area is 227 Å². The van der Waals surface area contributed by atoms with E-state index in [0.29, 0.717) is 30.9 Å². The molecule has 1 aliphatic heterocycles. The molecule has 1 atom stereocenters. The number of hydrogen-bond acceptors (Lipinski definition) is 6. The molecule has 0 bridgehead atoms. The number of amides is 2. The van der Waals surface area contributed by atoms with Crippen molar-refractivity contribution in [3.05, 3.63) is 107 Å². The van der Waals surface area contributed by atoms with Crippen molar-refractivity contribution >= 4 is 22.7 Å². The SMILES string of the molecule is Cc1cc(COc2ccc(C(=O)NC3(CC(=O)NO)CCN(Cc4ccccc4)C3)cc2)c2ccccc2n1. The van der Waals surface area contributed by atoms with Gasteiger partial charge in [0.05, 0.1) is 17.5 Å². The fourth-order valence-corrected chi connectivity index (χ4v) is 5.26. The number of aromatic nitrogens is 1. The Bertz CT molecular complexity index is 1460. The number of para-hydroxylation sites is 1. The molecule has 1 unspecified atom stereocenters. The molecule has 8 nitrogen and oxygen atoms in total. The molecule has 4 aromatic rings. The van der Waals surface area contributed by atoms with E-state index in [1.165, 1.54) is 0 Å². The van der Waals surface area contributed by atoms with Crippen molar-refractivity contribution in [2.24, 2.45) is 0 Å². The van der Waals surface area contributed by atoms with E-state index in [9.17, 15) is 9.59 Å². The molecule has 5 rings (SSSR count). The predicted octanol–water partition coefficient (Wildman–Crippen LogP) is 4.39. The van der Waals surface area contributed by atoms with E-state index in [1.807, 2.05) is 55.5 Å². The largest absolute Gasteiger partial charge is 0.489 e. The lowest BCUT2D eigenvalue weighted by molar-refractivity contribution is -0.130. The molecule has 1 saturated heterocycles. The number of aryl methyl sites for hydroxylation is 1. The molecule has 39 heavy (non-hydrogen) atoms. The third-order valence-electron chi connectivity index (χ3n) is 7.12. The molecule has 1 aromatic heterocycles. The first-order valence-electron chi connectivity index (χ1n) is 13.0. The summed E-state index contributed by atoms with van der Waals surface area (Å²) in [4.78, 5) is 32.2. The summed E-state index contributed by atoms with van der Waals surface area (Å²) in [6.07, 6.45) is 0.584. The Balaban J connectivity index is 1.24. The van der Waals surface area contributed by atoms with Crippen molar-refractivity contribution in [1.29, 1.82) is 0 Å². The van der Waals surface area contributed by atoms with Gasteiger partial charge in [0.1, 0.15) is 12.4 Å². The average molecular weight is 525 g/mol. The summed E-state index contributed by atoms with van der Waals surface area (Å²) in [6, 6.07) is 27.1. The zero-order valence-electron chi connectivity index (χ0n) is 21.9. The molecule has 0 radical (unpaired) electrons.